The van der Waals surface area contributed by atoms with Crippen molar-refractivity contribution in [1.82, 2.24) is 4.72 Å². The lowest BCUT2D eigenvalue weighted by Crippen LogP contribution is -2.33. The van der Waals surface area contributed by atoms with Crippen LogP contribution >= 0.6 is 0 Å². The summed E-state index contributed by atoms with van der Waals surface area (Å²) in [6, 6.07) is 2.92. The third kappa shape index (κ3) is 3.53. The maximum absolute atomic E-state index is 13.5. The number of rotatable bonds is 4. The number of halogens is 2. The Balaban J connectivity index is 2.08. The highest BCUT2D eigenvalue weighted by Gasteiger charge is 2.26. The second kappa shape index (κ2) is 6.15. The highest BCUT2D eigenvalue weighted by atomic mass is 32.2. The van der Waals surface area contributed by atoms with Crippen LogP contribution in [0.25, 0.3) is 0 Å². The second-order valence-electron chi connectivity index (χ2n) is 5.09. The molecule has 2 N–H and O–H groups in total. The van der Waals surface area contributed by atoms with Gasteiger partial charge in [0.15, 0.2) is 4.90 Å². The molecule has 0 spiro atoms. The monoisotopic (exact) mass is 305 g/mol. The fourth-order valence-corrected chi connectivity index (χ4v) is 3.74. The van der Waals surface area contributed by atoms with E-state index >= 15 is 0 Å². The molecule has 0 amide bonds. The minimum absolute atomic E-state index is 0.0108. The molecule has 0 radical (unpaired) electrons. The lowest BCUT2D eigenvalue weighted by atomic mass is 9.87. The molecule has 0 saturated heterocycles. The molecule has 7 heteroatoms. The van der Waals surface area contributed by atoms with Crippen LogP contribution in [0.5, 0.6) is 0 Å². The first-order chi connectivity index (χ1) is 9.40. The molecule has 2 unspecified atom stereocenters. The normalized spacial score (nSPS) is 23.8. The van der Waals surface area contributed by atoms with Crippen molar-refractivity contribution in [2.75, 3.05) is 6.54 Å². The molecule has 1 aromatic carbocycles. The average Bonchev–Trinajstić information content (AvgIpc) is 2.36. The fraction of sp³-hybridized carbons (Fsp3) is 0.538. The van der Waals surface area contributed by atoms with Crippen LogP contribution < -0.4 is 4.72 Å². The maximum Gasteiger partial charge on any atom is 0.246 e. The predicted molar refractivity (Wildman–Crippen MR) is 69.5 cm³/mol. The standard InChI is InChI=1S/C13H17F2NO3S/c14-11-5-2-6-12(15)13(11)20(18,19)16-8-9-3-1-4-10(17)7-9/h2,5-6,9-10,16-17H,1,3-4,7-8H2. The van der Waals surface area contributed by atoms with Gasteiger partial charge in [-0.05, 0) is 37.3 Å². The molecule has 112 valence electrons. The number of sulfonamides is 1. The summed E-state index contributed by atoms with van der Waals surface area (Å²) in [6.45, 7) is 0.0766. The van der Waals surface area contributed by atoms with E-state index in [0.29, 0.717) is 12.8 Å². The summed E-state index contributed by atoms with van der Waals surface area (Å²) in [7, 11) is -4.22. The van der Waals surface area contributed by atoms with Crippen molar-refractivity contribution < 1.29 is 22.3 Å². The van der Waals surface area contributed by atoms with E-state index in [0.717, 1.165) is 31.0 Å². The second-order valence-corrected chi connectivity index (χ2v) is 6.79. The van der Waals surface area contributed by atoms with Crippen LogP contribution in [-0.2, 0) is 10.0 Å². The van der Waals surface area contributed by atoms with Gasteiger partial charge in [0.25, 0.3) is 0 Å². The first kappa shape index (κ1) is 15.3. The molecule has 0 aliphatic heterocycles. The largest absolute Gasteiger partial charge is 0.393 e. The molecule has 4 nitrogen and oxygen atoms in total. The number of hydrogen-bond donors (Lipinski definition) is 2. The Hall–Kier alpha value is -1.05. The van der Waals surface area contributed by atoms with Crippen LogP contribution in [0.4, 0.5) is 8.78 Å². The molecular formula is C13H17F2NO3S. The Labute approximate surface area is 116 Å². The Morgan fingerprint density at radius 2 is 1.90 bits per heavy atom. The van der Waals surface area contributed by atoms with Crippen molar-refractivity contribution in [3.63, 3.8) is 0 Å². The predicted octanol–water partition coefficient (Wildman–Crippen LogP) is 1.79. The van der Waals surface area contributed by atoms with E-state index in [2.05, 4.69) is 4.72 Å². The minimum Gasteiger partial charge on any atom is -0.393 e. The highest BCUT2D eigenvalue weighted by molar-refractivity contribution is 7.89. The molecule has 1 fully saturated rings. The molecule has 0 aromatic heterocycles. The zero-order valence-corrected chi connectivity index (χ0v) is 11.7. The lowest BCUT2D eigenvalue weighted by molar-refractivity contribution is 0.102. The van der Waals surface area contributed by atoms with Gasteiger partial charge in [-0.3, -0.25) is 0 Å². The van der Waals surface area contributed by atoms with Crippen molar-refractivity contribution in [1.29, 1.82) is 0 Å². The van der Waals surface area contributed by atoms with E-state index < -0.39 is 32.7 Å². The smallest absolute Gasteiger partial charge is 0.246 e. The van der Waals surface area contributed by atoms with Crippen molar-refractivity contribution in [3.8, 4) is 0 Å². The molecular weight excluding hydrogens is 288 g/mol. The Bertz CT molecular complexity index is 557. The van der Waals surface area contributed by atoms with Crippen molar-refractivity contribution >= 4 is 10.0 Å². The van der Waals surface area contributed by atoms with Gasteiger partial charge in [-0.1, -0.05) is 12.5 Å². The maximum atomic E-state index is 13.5. The van der Waals surface area contributed by atoms with Crippen LogP contribution in [0.3, 0.4) is 0 Å². The summed E-state index contributed by atoms with van der Waals surface area (Å²) >= 11 is 0. The van der Waals surface area contributed by atoms with Crippen LogP contribution in [0.1, 0.15) is 25.7 Å². The van der Waals surface area contributed by atoms with E-state index in [1.165, 1.54) is 0 Å². The molecule has 1 aliphatic carbocycles. The first-order valence-electron chi connectivity index (χ1n) is 6.52. The van der Waals surface area contributed by atoms with Gasteiger partial charge in [-0.15, -0.1) is 0 Å². The van der Waals surface area contributed by atoms with Crippen molar-refractivity contribution in [2.24, 2.45) is 5.92 Å². The summed E-state index contributed by atoms with van der Waals surface area (Å²) in [6.07, 6.45) is 2.40. The summed E-state index contributed by atoms with van der Waals surface area (Å²) in [5, 5.41) is 9.52. The van der Waals surface area contributed by atoms with Gasteiger partial charge < -0.3 is 5.11 Å². The van der Waals surface area contributed by atoms with Gasteiger partial charge in [0, 0.05) is 6.54 Å². The van der Waals surface area contributed by atoms with Gasteiger partial charge >= 0.3 is 0 Å². The van der Waals surface area contributed by atoms with Crippen molar-refractivity contribution in [2.45, 2.75) is 36.7 Å². The minimum atomic E-state index is -4.22. The average molecular weight is 305 g/mol. The van der Waals surface area contributed by atoms with Crippen molar-refractivity contribution in [3.05, 3.63) is 29.8 Å². The topological polar surface area (TPSA) is 66.4 Å². The summed E-state index contributed by atoms with van der Waals surface area (Å²) in [4.78, 5) is -0.948. The van der Waals surface area contributed by atoms with Crippen LogP contribution in [-0.4, -0.2) is 26.2 Å². The van der Waals surface area contributed by atoms with E-state index in [1.54, 1.807) is 0 Å². The van der Waals surface area contributed by atoms with Crippen LogP contribution in [0.2, 0.25) is 0 Å². The Kier molecular flexibility index (Phi) is 4.72. The molecule has 1 saturated carbocycles. The summed E-state index contributed by atoms with van der Waals surface area (Å²) in [5.74, 6) is -2.23. The Morgan fingerprint density at radius 1 is 1.25 bits per heavy atom. The van der Waals surface area contributed by atoms with Crippen LogP contribution in [0, 0.1) is 17.6 Å². The molecule has 20 heavy (non-hydrogen) atoms. The molecule has 1 aliphatic rings. The third-order valence-corrected chi connectivity index (χ3v) is 4.98. The van der Waals surface area contributed by atoms with Gasteiger partial charge in [0.05, 0.1) is 6.10 Å². The van der Waals surface area contributed by atoms with Crippen LogP contribution in [0.15, 0.2) is 23.1 Å². The number of aliphatic hydroxyl groups excluding tert-OH is 1. The SMILES string of the molecule is O=S(=O)(NCC1CCCC(O)C1)c1c(F)cccc1F. The molecule has 2 rings (SSSR count). The number of nitrogens with one attached hydrogen (secondary N) is 1. The van der Waals surface area contributed by atoms with Gasteiger partial charge in [0.1, 0.15) is 11.6 Å². The summed E-state index contributed by atoms with van der Waals surface area (Å²) in [5.41, 5.74) is 0. The zero-order valence-electron chi connectivity index (χ0n) is 10.9. The van der Waals surface area contributed by atoms with E-state index in [1.807, 2.05) is 0 Å². The number of benzene rings is 1. The Morgan fingerprint density at radius 3 is 2.50 bits per heavy atom. The number of aliphatic hydroxyl groups is 1. The molecule has 0 heterocycles. The van der Waals surface area contributed by atoms with E-state index in [-0.39, 0.29) is 12.5 Å². The van der Waals surface area contributed by atoms with E-state index in [4.69, 9.17) is 0 Å². The van der Waals surface area contributed by atoms with Gasteiger partial charge in [-0.25, -0.2) is 21.9 Å². The summed E-state index contributed by atoms with van der Waals surface area (Å²) < 4.78 is 53.1. The fourth-order valence-electron chi connectivity index (χ4n) is 2.49. The highest BCUT2D eigenvalue weighted by Crippen LogP contribution is 2.24. The third-order valence-electron chi connectivity index (χ3n) is 3.50. The lowest BCUT2D eigenvalue weighted by Gasteiger charge is -2.25. The van der Waals surface area contributed by atoms with Gasteiger partial charge in [0.2, 0.25) is 10.0 Å². The first-order valence-corrected chi connectivity index (χ1v) is 8.00. The molecule has 2 atom stereocenters. The molecule has 0 bridgehead atoms. The van der Waals surface area contributed by atoms with E-state index in [9.17, 15) is 22.3 Å². The quantitative estimate of drug-likeness (QED) is 0.891. The zero-order chi connectivity index (χ0) is 14.8. The molecule has 1 aromatic rings. The van der Waals surface area contributed by atoms with Gasteiger partial charge in [-0.2, -0.15) is 0 Å². The number of hydrogen-bond acceptors (Lipinski definition) is 3.